The van der Waals surface area contributed by atoms with E-state index in [1.165, 1.54) is 5.57 Å². The van der Waals surface area contributed by atoms with E-state index in [9.17, 15) is 4.79 Å². The summed E-state index contributed by atoms with van der Waals surface area (Å²) in [4.78, 5) is 18.4. The predicted octanol–water partition coefficient (Wildman–Crippen LogP) is 2.58. The van der Waals surface area contributed by atoms with Crippen molar-refractivity contribution in [3.05, 3.63) is 23.3 Å². The summed E-state index contributed by atoms with van der Waals surface area (Å²) in [6.07, 6.45) is 4.92. The lowest BCUT2D eigenvalue weighted by molar-refractivity contribution is 0.0753. The monoisotopic (exact) mass is 276 g/mol. The van der Waals surface area contributed by atoms with Gasteiger partial charge in [-0.05, 0) is 18.3 Å². The summed E-state index contributed by atoms with van der Waals surface area (Å²) in [6.45, 7) is 10.1. The third-order valence-corrected chi connectivity index (χ3v) is 3.67. The third-order valence-electron chi connectivity index (χ3n) is 3.67. The van der Waals surface area contributed by atoms with Crippen LogP contribution in [0.15, 0.2) is 11.6 Å². The average molecular weight is 276 g/mol. The highest BCUT2D eigenvalue weighted by Crippen LogP contribution is 2.30. The molecule has 0 spiro atoms. The van der Waals surface area contributed by atoms with Crippen LogP contribution in [0, 0.1) is 5.41 Å². The summed E-state index contributed by atoms with van der Waals surface area (Å²) >= 11 is 0. The maximum absolute atomic E-state index is 12.3. The fraction of sp³-hybridized carbons (Fsp3) is 0.667. The second-order valence-electron chi connectivity index (χ2n) is 6.34. The lowest BCUT2D eigenvalue weighted by Crippen LogP contribution is -2.37. The minimum atomic E-state index is -0.0761. The Morgan fingerprint density at radius 3 is 2.75 bits per heavy atom. The molecule has 20 heavy (non-hydrogen) atoms. The van der Waals surface area contributed by atoms with E-state index >= 15 is 0 Å². The van der Waals surface area contributed by atoms with Gasteiger partial charge in [0.15, 0.2) is 0 Å². The molecule has 1 amide bonds. The van der Waals surface area contributed by atoms with Crippen LogP contribution in [0.3, 0.4) is 0 Å². The standard InChI is InChI=1S/C15H24N4O/c1-5-6-12-16-13(18-17-12)14(20)19-9-7-11(8-10-19)15(2,3)4/h7H,5-6,8-10H2,1-4H3,(H,16,17,18). The quantitative estimate of drug-likeness (QED) is 0.863. The molecule has 1 N–H and O–H groups in total. The fourth-order valence-electron chi connectivity index (χ4n) is 2.42. The first kappa shape index (κ1) is 14.8. The number of aromatic nitrogens is 3. The van der Waals surface area contributed by atoms with Crippen LogP contribution in [0.25, 0.3) is 0 Å². The van der Waals surface area contributed by atoms with Crippen LogP contribution in [0.1, 0.15) is 57.0 Å². The van der Waals surface area contributed by atoms with Crippen LogP contribution in [-0.4, -0.2) is 39.1 Å². The molecule has 1 aromatic rings. The number of nitrogens with zero attached hydrogens (tertiary/aromatic N) is 3. The third kappa shape index (κ3) is 3.26. The Labute approximate surface area is 120 Å². The molecule has 0 fully saturated rings. The van der Waals surface area contributed by atoms with Crippen molar-refractivity contribution in [1.29, 1.82) is 0 Å². The number of carbonyl (C=O) groups is 1. The average Bonchev–Trinajstić information content (AvgIpc) is 2.86. The predicted molar refractivity (Wildman–Crippen MR) is 78.4 cm³/mol. The van der Waals surface area contributed by atoms with Crippen LogP contribution in [0.2, 0.25) is 0 Å². The fourth-order valence-corrected chi connectivity index (χ4v) is 2.42. The van der Waals surface area contributed by atoms with Gasteiger partial charge in [-0.25, -0.2) is 4.98 Å². The maximum Gasteiger partial charge on any atom is 0.293 e. The zero-order chi connectivity index (χ0) is 14.8. The molecule has 5 nitrogen and oxygen atoms in total. The summed E-state index contributed by atoms with van der Waals surface area (Å²) < 4.78 is 0. The number of hydrogen-bond donors (Lipinski definition) is 1. The molecule has 2 heterocycles. The van der Waals surface area contributed by atoms with Crippen molar-refractivity contribution in [2.75, 3.05) is 13.1 Å². The molecule has 0 bridgehead atoms. The summed E-state index contributed by atoms with van der Waals surface area (Å²) in [5, 5.41) is 6.87. The van der Waals surface area contributed by atoms with Crippen molar-refractivity contribution in [2.24, 2.45) is 5.41 Å². The summed E-state index contributed by atoms with van der Waals surface area (Å²) in [6, 6.07) is 0. The molecule has 5 heteroatoms. The highest BCUT2D eigenvalue weighted by atomic mass is 16.2. The molecule has 2 rings (SSSR count). The normalized spacial score (nSPS) is 16.2. The van der Waals surface area contributed by atoms with Gasteiger partial charge in [0.1, 0.15) is 5.82 Å². The van der Waals surface area contributed by atoms with Crippen LogP contribution >= 0.6 is 0 Å². The summed E-state index contributed by atoms with van der Waals surface area (Å²) in [5.41, 5.74) is 1.61. The van der Waals surface area contributed by atoms with Gasteiger partial charge in [0, 0.05) is 19.5 Å². The van der Waals surface area contributed by atoms with Gasteiger partial charge in [-0.2, -0.15) is 0 Å². The molecule has 0 saturated carbocycles. The van der Waals surface area contributed by atoms with Crippen LogP contribution in [-0.2, 0) is 6.42 Å². The number of H-pyrrole nitrogens is 1. The zero-order valence-electron chi connectivity index (χ0n) is 12.9. The number of hydrogen-bond acceptors (Lipinski definition) is 3. The minimum Gasteiger partial charge on any atom is -0.332 e. The van der Waals surface area contributed by atoms with Crippen LogP contribution in [0.5, 0.6) is 0 Å². The molecule has 0 saturated heterocycles. The van der Waals surface area contributed by atoms with Crippen molar-refractivity contribution in [3.63, 3.8) is 0 Å². The SMILES string of the molecule is CCCc1nc(C(=O)N2CC=C(C(C)(C)C)CC2)n[nH]1. The van der Waals surface area contributed by atoms with Gasteiger partial charge in [-0.1, -0.05) is 39.3 Å². The second kappa shape index (κ2) is 5.77. The van der Waals surface area contributed by atoms with Crippen molar-refractivity contribution >= 4 is 5.91 Å². The molecule has 1 aliphatic rings. The van der Waals surface area contributed by atoms with E-state index in [0.717, 1.165) is 31.6 Å². The molecule has 110 valence electrons. The number of nitrogens with one attached hydrogen (secondary N) is 1. The highest BCUT2D eigenvalue weighted by Gasteiger charge is 2.25. The topological polar surface area (TPSA) is 61.9 Å². The Kier molecular flexibility index (Phi) is 4.26. The lowest BCUT2D eigenvalue weighted by Gasteiger charge is -2.31. The molecule has 0 atom stereocenters. The maximum atomic E-state index is 12.3. The molecule has 0 unspecified atom stereocenters. The molecular formula is C15H24N4O. The van der Waals surface area contributed by atoms with E-state index in [0.29, 0.717) is 12.4 Å². The number of aryl methyl sites for hydroxylation is 1. The van der Waals surface area contributed by atoms with Gasteiger partial charge in [0.25, 0.3) is 5.91 Å². The van der Waals surface area contributed by atoms with Gasteiger partial charge < -0.3 is 4.90 Å². The molecule has 0 aliphatic carbocycles. The Hall–Kier alpha value is -1.65. The van der Waals surface area contributed by atoms with Crippen molar-refractivity contribution in [1.82, 2.24) is 20.1 Å². The number of aromatic amines is 1. The van der Waals surface area contributed by atoms with Crippen molar-refractivity contribution < 1.29 is 4.79 Å². The Balaban J connectivity index is 2.02. The molecule has 0 aromatic carbocycles. The van der Waals surface area contributed by atoms with Gasteiger partial charge in [0.2, 0.25) is 5.82 Å². The lowest BCUT2D eigenvalue weighted by atomic mass is 9.83. The van der Waals surface area contributed by atoms with Crippen molar-refractivity contribution in [2.45, 2.75) is 47.0 Å². The zero-order valence-corrected chi connectivity index (χ0v) is 12.9. The first-order valence-corrected chi connectivity index (χ1v) is 7.32. The Bertz CT molecular complexity index is 510. The van der Waals surface area contributed by atoms with E-state index < -0.39 is 0 Å². The number of amides is 1. The first-order valence-electron chi connectivity index (χ1n) is 7.32. The van der Waals surface area contributed by atoms with E-state index in [2.05, 4.69) is 49.0 Å². The van der Waals surface area contributed by atoms with Gasteiger partial charge in [0.05, 0.1) is 0 Å². The van der Waals surface area contributed by atoms with E-state index in [-0.39, 0.29) is 11.3 Å². The van der Waals surface area contributed by atoms with Crippen LogP contribution in [0.4, 0.5) is 0 Å². The first-order chi connectivity index (χ1) is 9.41. The Morgan fingerprint density at radius 1 is 1.45 bits per heavy atom. The molecule has 0 radical (unpaired) electrons. The molecular weight excluding hydrogens is 252 g/mol. The van der Waals surface area contributed by atoms with Crippen molar-refractivity contribution in [3.8, 4) is 0 Å². The largest absolute Gasteiger partial charge is 0.332 e. The molecule has 1 aromatic heterocycles. The number of carbonyl (C=O) groups excluding carboxylic acids is 1. The highest BCUT2D eigenvalue weighted by molar-refractivity contribution is 5.90. The number of rotatable bonds is 3. The molecule has 1 aliphatic heterocycles. The minimum absolute atomic E-state index is 0.0761. The van der Waals surface area contributed by atoms with E-state index in [4.69, 9.17) is 0 Å². The van der Waals surface area contributed by atoms with Gasteiger partial charge in [-0.15, -0.1) is 5.10 Å². The van der Waals surface area contributed by atoms with E-state index in [1.54, 1.807) is 0 Å². The van der Waals surface area contributed by atoms with Gasteiger partial charge >= 0.3 is 0 Å². The van der Waals surface area contributed by atoms with Gasteiger partial charge in [-0.3, -0.25) is 9.89 Å². The smallest absolute Gasteiger partial charge is 0.293 e. The Morgan fingerprint density at radius 2 is 2.20 bits per heavy atom. The summed E-state index contributed by atoms with van der Waals surface area (Å²) in [5.74, 6) is 1.01. The van der Waals surface area contributed by atoms with E-state index in [1.807, 2.05) is 4.90 Å². The second-order valence-corrected chi connectivity index (χ2v) is 6.34. The van der Waals surface area contributed by atoms with Crippen LogP contribution < -0.4 is 0 Å². The summed E-state index contributed by atoms with van der Waals surface area (Å²) in [7, 11) is 0.